The second kappa shape index (κ2) is 6.07. The van der Waals surface area contributed by atoms with Crippen molar-refractivity contribution >= 4 is 11.6 Å². The van der Waals surface area contributed by atoms with Crippen LogP contribution in [0.5, 0.6) is 0 Å². The van der Waals surface area contributed by atoms with Crippen molar-refractivity contribution in [3.05, 3.63) is 34.9 Å². The first-order valence-electron chi connectivity index (χ1n) is 5.29. The van der Waals surface area contributed by atoms with E-state index in [0.29, 0.717) is 5.02 Å². The van der Waals surface area contributed by atoms with Crippen LogP contribution in [0.15, 0.2) is 24.3 Å². The Kier molecular flexibility index (Phi) is 5.00. The van der Waals surface area contributed by atoms with Gasteiger partial charge in [-0.05, 0) is 24.6 Å². The normalized spacial score (nSPS) is 14.9. The number of hydrogen-bond donors (Lipinski definition) is 1. The molecule has 98 valence electrons. The minimum Gasteiger partial charge on any atom is -0.309 e. The summed E-state index contributed by atoms with van der Waals surface area (Å²) in [6, 6.07) is 7.79. The fourth-order valence-electron chi connectivity index (χ4n) is 1.42. The molecule has 18 heavy (non-hydrogen) atoms. The van der Waals surface area contributed by atoms with Crippen LogP contribution in [0.3, 0.4) is 0 Å². The van der Waals surface area contributed by atoms with Crippen LogP contribution in [0, 0.1) is 17.2 Å². The molecule has 1 rings (SSSR count). The lowest BCUT2D eigenvalue weighted by atomic mass is 10.1. The maximum atomic E-state index is 12.4. The molecule has 2 atom stereocenters. The third-order valence-corrected chi connectivity index (χ3v) is 2.76. The zero-order chi connectivity index (χ0) is 13.8. The van der Waals surface area contributed by atoms with E-state index in [1.807, 2.05) is 0 Å². The molecule has 6 heteroatoms. The summed E-state index contributed by atoms with van der Waals surface area (Å²) < 4.78 is 37.1. The molecule has 1 N–H and O–H groups in total. The molecular formula is C12H12ClF3N2. The smallest absolute Gasteiger partial charge is 0.309 e. The number of nitriles is 1. The van der Waals surface area contributed by atoms with Crippen molar-refractivity contribution in [3.63, 3.8) is 0 Å². The molecule has 1 aromatic rings. The predicted octanol–water partition coefficient (Wildman–Crippen LogP) is 3.69. The Balaban J connectivity index is 2.61. The van der Waals surface area contributed by atoms with Crippen LogP contribution in [0.4, 0.5) is 13.2 Å². The van der Waals surface area contributed by atoms with Crippen LogP contribution < -0.4 is 5.32 Å². The molecule has 1 unspecified atom stereocenters. The lowest BCUT2D eigenvalue weighted by Gasteiger charge is -2.18. The molecule has 0 saturated heterocycles. The summed E-state index contributed by atoms with van der Waals surface area (Å²) in [6.07, 6.45) is -4.50. The molecule has 0 bridgehead atoms. The van der Waals surface area contributed by atoms with Gasteiger partial charge >= 0.3 is 6.18 Å². The van der Waals surface area contributed by atoms with E-state index >= 15 is 0 Å². The Morgan fingerprint density at radius 2 is 2.11 bits per heavy atom. The molecule has 0 amide bonds. The van der Waals surface area contributed by atoms with Gasteiger partial charge in [0.05, 0.1) is 6.07 Å². The zero-order valence-corrected chi connectivity index (χ0v) is 10.4. The van der Waals surface area contributed by atoms with E-state index in [9.17, 15) is 13.2 Å². The minimum absolute atomic E-state index is 0.304. The van der Waals surface area contributed by atoms with Crippen molar-refractivity contribution in [1.29, 1.82) is 5.26 Å². The van der Waals surface area contributed by atoms with Gasteiger partial charge in [0.15, 0.2) is 5.92 Å². The second-order valence-corrected chi connectivity index (χ2v) is 4.34. The van der Waals surface area contributed by atoms with E-state index in [-0.39, 0.29) is 6.04 Å². The highest BCUT2D eigenvalue weighted by molar-refractivity contribution is 6.30. The van der Waals surface area contributed by atoms with Crippen molar-refractivity contribution in [3.8, 4) is 6.07 Å². The van der Waals surface area contributed by atoms with Gasteiger partial charge in [0.25, 0.3) is 0 Å². The predicted molar refractivity (Wildman–Crippen MR) is 63.0 cm³/mol. The summed E-state index contributed by atoms with van der Waals surface area (Å²) in [4.78, 5) is 0. The van der Waals surface area contributed by atoms with Gasteiger partial charge in [0.1, 0.15) is 0 Å². The average molecular weight is 277 g/mol. The first-order chi connectivity index (χ1) is 8.34. The molecule has 0 spiro atoms. The average Bonchev–Trinajstić information content (AvgIpc) is 2.27. The summed E-state index contributed by atoms with van der Waals surface area (Å²) >= 11 is 5.79. The number of hydrogen-bond acceptors (Lipinski definition) is 2. The van der Waals surface area contributed by atoms with Crippen LogP contribution in [0.1, 0.15) is 18.5 Å². The largest absolute Gasteiger partial charge is 0.405 e. The first kappa shape index (κ1) is 14.8. The maximum Gasteiger partial charge on any atom is 0.405 e. The molecule has 0 aliphatic carbocycles. The molecule has 0 radical (unpaired) electrons. The number of halogens is 4. The van der Waals surface area contributed by atoms with Gasteiger partial charge < -0.3 is 5.32 Å². The summed E-state index contributed by atoms with van der Waals surface area (Å²) in [5.41, 5.74) is 0.779. The molecule has 0 aromatic heterocycles. The highest BCUT2D eigenvalue weighted by Crippen LogP contribution is 2.26. The van der Waals surface area contributed by atoms with E-state index in [2.05, 4.69) is 5.32 Å². The molecule has 2 nitrogen and oxygen atoms in total. The van der Waals surface area contributed by atoms with E-state index in [0.717, 1.165) is 5.56 Å². The van der Waals surface area contributed by atoms with Crippen LogP contribution in [0.25, 0.3) is 0 Å². The summed E-state index contributed by atoms with van der Waals surface area (Å²) in [5, 5.41) is 11.7. The lowest BCUT2D eigenvalue weighted by molar-refractivity contribution is -0.157. The van der Waals surface area contributed by atoms with E-state index < -0.39 is 18.6 Å². The van der Waals surface area contributed by atoms with Gasteiger partial charge in [-0.15, -0.1) is 0 Å². The monoisotopic (exact) mass is 276 g/mol. The van der Waals surface area contributed by atoms with Crippen LogP contribution in [-0.2, 0) is 0 Å². The second-order valence-electron chi connectivity index (χ2n) is 3.91. The number of benzene rings is 1. The molecule has 0 aliphatic heterocycles. The fourth-order valence-corrected chi connectivity index (χ4v) is 1.62. The zero-order valence-electron chi connectivity index (χ0n) is 9.63. The van der Waals surface area contributed by atoms with Gasteiger partial charge in [-0.3, -0.25) is 0 Å². The number of rotatable bonds is 4. The SMILES string of the molecule is C[C@H](NCC(C#N)C(F)(F)F)c1cccc(Cl)c1. The maximum absolute atomic E-state index is 12.4. The molecular weight excluding hydrogens is 265 g/mol. The number of nitrogens with zero attached hydrogens (tertiary/aromatic N) is 1. The van der Waals surface area contributed by atoms with Crippen molar-refractivity contribution in [2.75, 3.05) is 6.54 Å². The summed E-state index contributed by atoms with van der Waals surface area (Å²) in [6.45, 7) is 1.28. The quantitative estimate of drug-likeness (QED) is 0.910. The summed E-state index contributed by atoms with van der Waals surface area (Å²) in [5.74, 6) is -2.00. The number of alkyl halides is 3. The Hall–Kier alpha value is -1.25. The van der Waals surface area contributed by atoms with E-state index in [4.69, 9.17) is 16.9 Å². The lowest BCUT2D eigenvalue weighted by Crippen LogP contribution is -2.33. The third-order valence-electron chi connectivity index (χ3n) is 2.53. The van der Waals surface area contributed by atoms with Crippen molar-refractivity contribution in [1.82, 2.24) is 5.32 Å². The fraction of sp³-hybridized carbons (Fsp3) is 0.417. The molecule has 0 aliphatic rings. The van der Waals surface area contributed by atoms with Crippen LogP contribution in [-0.4, -0.2) is 12.7 Å². The van der Waals surface area contributed by atoms with Gasteiger partial charge in [-0.2, -0.15) is 18.4 Å². The van der Waals surface area contributed by atoms with Crippen LogP contribution >= 0.6 is 11.6 Å². The third kappa shape index (κ3) is 4.21. The van der Waals surface area contributed by atoms with Gasteiger partial charge in [-0.25, -0.2) is 0 Å². The highest BCUT2D eigenvalue weighted by atomic mass is 35.5. The highest BCUT2D eigenvalue weighted by Gasteiger charge is 2.39. The Labute approximate surface area is 108 Å². The molecule has 1 aromatic carbocycles. The summed E-state index contributed by atoms with van der Waals surface area (Å²) in [7, 11) is 0. The van der Waals surface area contributed by atoms with Gasteiger partial charge in [0.2, 0.25) is 0 Å². The standard InChI is InChI=1S/C12H12ClF3N2/c1-8(9-3-2-4-11(13)5-9)18-7-10(6-17)12(14,15)16/h2-5,8,10,18H,7H2,1H3/t8-,10?/m0/s1. The molecule has 0 heterocycles. The molecule has 0 saturated carbocycles. The Morgan fingerprint density at radius 3 is 2.61 bits per heavy atom. The van der Waals surface area contributed by atoms with Crippen molar-refractivity contribution in [2.45, 2.75) is 19.1 Å². The Morgan fingerprint density at radius 1 is 1.44 bits per heavy atom. The first-order valence-corrected chi connectivity index (χ1v) is 5.67. The Bertz CT molecular complexity index is 440. The van der Waals surface area contributed by atoms with Gasteiger partial charge in [0, 0.05) is 17.6 Å². The van der Waals surface area contributed by atoms with Gasteiger partial charge in [-0.1, -0.05) is 23.7 Å². The van der Waals surface area contributed by atoms with Crippen LogP contribution in [0.2, 0.25) is 5.02 Å². The van der Waals surface area contributed by atoms with E-state index in [1.165, 1.54) is 6.07 Å². The molecule has 0 fully saturated rings. The number of nitrogens with one attached hydrogen (secondary N) is 1. The van der Waals surface area contributed by atoms with E-state index in [1.54, 1.807) is 31.2 Å². The van der Waals surface area contributed by atoms with Crippen molar-refractivity contribution in [2.24, 2.45) is 5.92 Å². The minimum atomic E-state index is -4.50. The topological polar surface area (TPSA) is 35.8 Å². The van der Waals surface area contributed by atoms with Crippen molar-refractivity contribution < 1.29 is 13.2 Å².